The summed E-state index contributed by atoms with van der Waals surface area (Å²) >= 11 is 5.98. The number of benzene rings is 3. The third-order valence-electron chi connectivity index (χ3n) is 5.47. The van der Waals surface area contributed by atoms with E-state index in [1.807, 2.05) is 83.5 Å². The van der Waals surface area contributed by atoms with Crippen LogP contribution in [0, 0.1) is 0 Å². The highest BCUT2D eigenvalue weighted by molar-refractivity contribution is 6.30. The first kappa shape index (κ1) is 21.2. The number of carbonyl (C=O) groups excluding carboxylic acids is 1. The number of carbonyl (C=O) groups is 1. The van der Waals surface area contributed by atoms with Crippen molar-refractivity contribution in [2.75, 3.05) is 5.32 Å². The fourth-order valence-electron chi connectivity index (χ4n) is 3.69. The highest BCUT2D eigenvalue weighted by Crippen LogP contribution is 2.27. The summed E-state index contributed by atoms with van der Waals surface area (Å²) in [6.45, 7) is 1.42. The largest absolute Gasteiger partial charge is 0.489 e. The fourth-order valence-corrected chi connectivity index (χ4v) is 3.81. The maximum absolute atomic E-state index is 12.7. The van der Waals surface area contributed by atoms with E-state index in [0.29, 0.717) is 36.2 Å². The SMILES string of the molecule is O=C(Nc1ccc(OCc2ccccc2)cc1)c1cc2n(n1)C[C@H](c1ccc(Cl)cc1)OC2. The molecule has 1 N–H and O–H groups in total. The monoisotopic (exact) mass is 459 g/mol. The third-order valence-corrected chi connectivity index (χ3v) is 5.72. The second-order valence-electron chi connectivity index (χ2n) is 7.81. The zero-order valence-corrected chi connectivity index (χ0v) is 18.5. The lowest BCUT2D eigenvalue weighted by Gasteiger charge is -2.24. The fraction of sp³-hybridized carbons (Fsp3) is 0.154. The molecule has 1 amide bonds. The van der Waals surface area contributed by atoms with Gasteiger partial charge >= 0.3 is 0 Å². The molecule has 0 saturated heterocycles. The number of ether oxygens (including phenoxy) is 2. The third kappa shape index (κ3) is 5.08. The van der Waals surface area contributed by atoms with Crippen LogP contribution in [0.5, 0.6) is 5.75 Å². The number of anilines is 1. The molecule has 0 bridgehead atoms. The van der Waals surface area contributed by atoms with Crippen LogP contribution in [-0.2, 0) is 24.5 Å². The van der Waals surface area contributed by atoms with E-state index in [0.717, 1.165) is 22.6 Å². The number of fused-ring (bicyclic) bond motifs is 1. The number of amides is 1. The van der Waals surface area contributed by atoms with Crippen LogP contribution >= 0.6 is 11.6 Å². The van der Waals surface area contributed by atoms with Gasteiger partial charge in [0.15, 0.2) is 5.69 Å². The average molecular weight is 460 g/mol. The quantitative estimate of drug-likeness (QED) is 0.405. The first-order valence-electron chi connectivity index (χ1n) is 10.7. The molecule has 7 heteroatoms. The zero-order chi connectivity index (χ0) is 22.6. The smallest absolute Gasteiger partial charge is 0.276 e. The zero-order valence-electron chi connectivity index (χ0n) is 17.8. The summed E-state index contributed by atoms with van der Waals surface area (Å²) in [5, 5.41) is 8.07. The lowest BCUT2D eigenvalue weighted by Crippen LogP contribution is -2.22. The molecule has 4 aromatic rings. The van der Waals surface area contributed by atoms with E-state index < -0.39 is 0 Å². The Kier molecular flexibility index (Phi) is 6.11. The predicted molar refractivity (Wildman–Crippen MR) is 126 cm³/mol. The van der Waals surface area contributed by atoms with Gasteiger partial charge in [-0.05, 0) is 53.6 Å². The molecule has 2 heterocycles. The summed E-state index contributed by atoms with van der Waals surface area (Å²) in [5.74, 6) is 0.470. The van der Waals surface area contributed by atoms with Crippen molar-refractivity contribution in [2.24, 2.45) is 0 Å². The van der Waals surface area contributed by atoms with Gasteiger partial charge in [0, 0.05) is 10.7 Å². The Morgan fingerprint density at radius 2 is 1.82 bits per heavy atom. The van der Waals surface area contributed by atoms with E-state index in [-0.39, 0.29) is 12.0 Å². The molecule has 0 aliphatic carbocycles. The van der Waals surface area contributed by atoms with Crippen molar-refractivity contribution in [3.63, 3.8) is 0 Å². The Bertz CT molecular complexity index is 1240. The molecule has 33 heavy (non-hydrogen) atoms. The van der Waals surface area contributed by atoms with Gasteiger partial charge in [-0.1, -0.05) is 54.1 Å². The van der Waals surface area contributed by atoms with Crippen molar-refractivity contribution in [3.8, 4) is 5.75 Å². The molecule has 0 unspecified atom stereocenters. The summed E-state index contributed by atoms with van der Waals surface area (Å²) in [4.78, 5) is 12.7. The summed E-state index contributed by atoms with van der Waals surface area (Å²) < 4.78 is 13.6. The number of nitrogens with zero attached hydrogens (tertiary/aromatic N) is 2. The minimum Gasteiger partial charge on any atom is -0.489 e. The van der Waals surface area contributed by atoms with E-state index >= 15 is 0 Å². The van der Waals surface area contributed by atoms with E-state index in [4.69, 9.17) is 21.1 Å². The standard InChI is InChI=1S/C26H22ClN3O3/c27-20-8-6-19(7-9-20)25-15-30-22(17-33-25)14-24(29-30)26(31)28-21-10-12-23(13-11-21)32-16-18-4-2-1-3-5-18/h1-14,25H,15-17H2,(H,28,31)/t25-/m1/s1. The van der Waals surface area contributed by atoms with Crippen molar-refractivity contribution in [2.45, 2.75) is 25.9 Å². The van der Waals surface area contributed by atoms with Crippen LogP contribution in [0.25, 0.3) is 0 Å². The first-order chi connectivity index (χ1) is 16.1. The molecule has 1 atom stereocenters. The summed E-state index contributed by atoms with van der Waals surface area (Å²) in [7, 11) is 0. The molecule has 1 aromatic heterocycles. The van der Waals surface area contributed by atoms with E-state index in [1.54, 1.807) is 6.07 Å². The lowest BCUT2D eigenvalue weighted by molar-refractivity contribution is -0.00118. The molecule has 1 aliphatic heterocycles. The van der Waals surface area contributed by atoms with Gasteiger partial charge in [-0.15, -0.1) is 0 Å². The van der Waals surface area contributed by atoms with Gasteiger partial charge in [0.1, 0.15) is 18.5 Å². The lowest BCUT2D eigenvalue weighted by atomic mass is 10.1. The van der Waals surface area contributed by atoms with Gasteiger partial charge in [0.05, 0.1) is 18.8 Å². The van der Waals surface area contributed by atoms with Gasteiger partial charge < -0.3 is 14.8 Å². The molecule has 5 rings (SSSR count). The Morgan fingerprint density at radius 1 is 1.06 bits per heavy atom. The highest BCUT2D eigenvalue weighted by Gasteiger charge is 2.24. The second-order valence-corrected chi connectivity index (χ2v) is 8.24. The van der Waals surface area contributed by atoms with Crippen LogP contribution in [-0.4, -0.2) is 15.7 Å². The maximum atomic E-state index is 12.7. The van der Waals surface area contributed by atoms with Crippen molar-refractivity contribution in [3.05, 3.63) is 112 Å². The van der Waals surface area contributed by atoms with Gasteiger partial charge in [-0.3, -0.25) is 9.48 Å². The molecule has 0 spiro atoms. The minimum absolute atomic E-state index is 0.131. The number of nitrogens with one attached hydrogen (secondary N) is 1. The normalized spacial score (nSPS) is 15.0. The van der Waals surface area contributed by atoms with Crippen LogP contribution in [0.15, 0.2) is 84.9 Å². The van der Waals surface area contributed by atoms with Gasteiger partial charge in [-0.2, -0.15) is 5.10 Å². The first-order valence-corrected chi connectivity index (χ1v) is 11.0. The van der Waals surface area contributed by atoms with Crippen molar-refractivity contribution < 1.29 is 14.3 Å². The van der Waals surface area contributed by atoms with Crippen LogP contribution in [0.1, 0.15) is 33.4 Å². The van der Waals surface area contributed by atoms with Crippen molar-refractivity contribution >= 4 is 23.2 Å². The number of aromatic nitrogens is 2. The average Bonchev–Trinajstić information content (AvgIpc) is 3.28. The molecule has 3 aromatic carbocycles. The number of halogens is 1. The molecule has 166 valence electrons. The molecule has 6 nitrogen and oxygen atoms in total. The maximum Gasteiger partial charge on any atom is 0.276 e. The molecule has 1 aliphatic rings. The summed E-state index contributed by atoms with van der Waals surface area (Å²) in [5.41, 5.74) is 4.03. The van der Waals surface area contributed by atoms with E-state index in [2.05, 4.69) is 10.4 Å². The van der Waals surface area contributed by atoms with Gasteiger partial charge in [0.2, 0.25) is 0 Å². The van der Waals surface area contributed by atoms with Gasteiger partial charge in [0.25, 0.3) is 5.91 Å². The van der Waals surface area contributed by atoms with E-state index in [1.165, 1.54) is 0 Å². The Balaban J connectivity index is 1.20. The van der Waals surface area contributed by atoms with Crippen LogP contribution < -0.4 is 10.1 Å². The molecule has 0 fully saturated rings. The van der Waals surface area contributed by atoms with Crippen molar-refractivity contribution in [1.82, 2.24) is 9.78 Å². The predicted octanol–water partition coefficient (Wildman–Crippen LogP) is 5.64. The molecule has 0 radical (unpaired) electrons. The second kappa shape index (κ2) is 9.48. The Labute approximate surface area is 196 Å². The van der Waals surface area contributed by atoms with Crippen LogP contribution in [0.3, 0.4) is 0 Å². The number of rotatable bonds is 6. The van der Waals surface area contributed by atoms with Crippen LogP contribution in [0.4, 0.5) is 5.69 Å². The summed E-state index contributed by atoms with van der Waals surface area (Å²) in [6, 6.07) is 26.6. The highest BCUT2D eigenvalue weighted by atomic mass is 35.5. The summed E-state index contributed by atoms with van der Waals surface area (Å²) in [6.07, 6.45) is -0.131. The molecular formula is C26H22ClN3O3. The number of hydrogen-bond acceptors (Lipinski definition) is 4. The van der Waals surface area contributed by atoms with Gasteiger partial charge in [-0.25, -0.2) is 0 Å². The van der Waals surface area contributed by atoms with Crippen molar-refractivity contribution in [1.29, 1.82) is 0 Å². The Hall–Kier alpha value is -3.61. The molecule has 0 saturated carbocycles. The molecular weight excluding hydrogens is 438 g/mol. The topological polar surface area (TPSA) is 65.4 Å². The van der Waals surface area contributed by atoms with E-state index in [9.17, 15) is 4.79 Å². The van der Waals surface area contributed by atoms with Crippen LogP contribution in [0.2, 0.25) is 5.02 Å². The Morgan fingerprint density at radius 3 is 2.58 bits per heavy atom. The number of hydrogen-bond donors (Lipinski definition) is 1. The minimum atomic E-state index is -0.266.